The number of nitrogens with one attached hydrogen (secondary N) is 2. The minimum Gasteiger partial charge on any atom is -0.352 e. The topological polar surface area (TPSA) is 84.2 Å². The molecule has 0 atom stereocenters. The summed E-state index contributed by atoms with van der Waals surface area (Å²) in [6, 6.07) is 14.8. The number of rotatable bonds is 7. The third-order valence-electron chi connectivity index (χ3n) is 3.60. The van der Waals surface area contributed by atoms with E-state index in [9.17, 15) is 9.59 Å². The van der Waals surface area contributed by atoms with Crippen LogP contribution in [0.3, 0.4) is 0 Å². The van der Waals surface area contributed by atoms with Gasteiger partial charge in [0.2, 0.25) is 5.91 Å². The number of aryl methyl sites for hydroxylation is 1. The van der Waals surface area contributed by atoms with Crippen molar-refractivity contribution in [2.75, 3.05) is 11.9 Å². The predicted molar refractivity (Wildman–Crippen MR) is 95.7 cm³/mol. The number of nitrogens with two attached hydrogens (primary N) is 1. The van der Waals surface area contributed by atoms with E-state index >= 15 is 0 Å². The smallest absolute Gasteiger partial charge is 0.255 e. The molecule has 2 aromatic carbocycles. The summed E-state index contributed by atoms with van der Waals surface area (Å²) < 4.78 is 0. The van der Waals surface area contributed by atoms with E-state index in [1.165, 1.54) is 0 Å². The zero-order chi connectivity index (χ0) is 17.4. The monoisotopic (exact) mass is 325 g/mol. The highest BCUT2D eigenvalue weighted by atomic mass is 16.2. The Morgan fingerprint density at radius 3 is 2.54 bits per heavy atom. The maximum Gasteiger partial charge on any atom is 0.255 e. The molecule has 5 heteroatoms. The van der Waals surface area contributed by atoms with Crippen LogP contribution >= 0.6 is 0 Å². The summed E-state index contributed by atoms with van der Waals surface area (Å²) >= 11 is 0. The van der Waals surface area contributed by atoms with E-state index in [0.717, 1.165) is 11.1 Å². The van der Waals surface area contributed by atoms with Gasteiger partial charge in [-0.05, 0) is 49.7 Å². The van der Waals surface area contributed by atoms with Gasteiger partial charge in [0.1, 0.15) is 0 Å². The van der Waals surface area contributed by atoms with Crippen LogP contribution in [0.4, 0.5) is 5.69 Å². The van der Waals surface area contributed by atoms with Crippen molar-refractivity contribution in [3.05, 3.63) is 65.2 Å². The van der Waals surface area contributed by atoms with Gasteiger partial charge in [-0.1, -0.05) is 29.8 Å². The summed E-state index contributed by atoms with van der Waals surface area (Å²) in [6.07, 6.45) is 1.11. The molecule has 2 amide bonds. The van der Waals surface area contributed by atoms with Crippen molar-refractivity contribution < 1.29 is 9.59 Å². The van der Waals surface area contributed by atoms with Gasteiger partial charge in [0.25, 0.3) is 5.91 Å². The fourth-order valence-electron chi connectivity index (χ4n) is 2.22. The van der Waals surface area contributed by atoms with Crippen molar-refractivity contribution in [1.29, 1.82) is 0 Å². The highest BCUT2D eigenvalue weighted by Crippen LogP contribution is 2.13. The van der Waals surface area contributed by atoms with Crippen molar-refractivity contribution in [3.63, 3.8) is 0 Å². The molecule has 0 unspecified atom stereocenters. The fourth-order valence-corrected chi connectivity index (χ4v) is 2.22. The lowest BCUT2D eigenvalue weighted by Gasteiger charge is -2.09. The van der Waals surface area contributed by atoms with Crippen LogP contribution in [0.25, 0.3) is 0 Å². The van der Waals surface area contributed by atoms with Crippen LogP contribution in [0.15, 0.2) is 48.5 Å². The second-order valence-electron chi connectivity index (χ2n) is 5.69. The molecule has 0 aromatic heterocycles. The molecule has 0 aliphatic carbocycles. The van der Waals surface area contributed by atoms with Crippen LogP contribution in [0, 0.1) is 6.92 Å². The first-order chi connectivity index (χ1) is 11.6. The molecule has 24 heavy (non-hydrogen) atoms. The predicted octanol–water partition coefficient (Wildman–Crippen LogP) is 2.60. The molecule has 0 aliphatic heterocycles. The van der Waals surface area contributed by atoms with Gasteiger partial charge >= 0.3 is 0 Å². The van der Waals surface area contributed by atoms with E-state index in [-0.39, 0.29) is 11.8 Å². The second-order valence-corrected chi connectivity index (χ2v) is 5.69. The molecule has 2 aromatic rings. The van der Waals surface area contributed by atoms with Crippen LogP contribution in [-0.2, 0) is 11.3 Å². The van der Waals surface area contributed by atoms with E-state index in [4.69, 9.17) is 5.73 Å². The maximum atomic E-state index is 12.2. The summed E-state index contributed by atoms with van der Waals surface area (Å²) in [4.78, 5) is 23.8. The fraction of sp³-hybridized carbons (Fsp3) is 0.263. The molecule has 0 aliphatic rings. The van der Waals surface area contributed by atoms with Gasteiger partial charge in [0.15, 0.2) is 0 Å². The minimum absolute atomic E-state index is 0.0189. The van der Waals surface area contributed by atoms with Crippen molar-refractivity contribution in [1.82, 2.24) is 5.32 Å². The van der Waals surface area contributed by atoms with E-state index in [1.807, 2.05) is 43.3 Å². The average Bonchev–Trinajstić information content (AvgIpc) is 2.59. The zero-order valence-corrected chi connectivity index (χ0v) is 13.8. The lowest BCUT2D eigenvalue weighted by molar-refractivity contribution is -0.121. The summed E-state index contributed by atoms with van der Waals surface area (Å²) in [5.41, 5.74) is 8.74. The number of anilines is 1. The summed E-state index contributed by atoms with van der Waals surface area (Å²) in [7, 11) is 0. The lowest BCUT2D eigenvalue weighted by Crippen LogP contribution is -2.23. The molecule has 5 nitrogen and oxygen atoms in total. The number of hydrogen-bond acceptors (Lipinski definition) is 3. The molecule has 0 bridgehead atoms. The van der Waals surface area contributed by atoms with E-state index < -0.39 is 0 Å². The Hall–Kier alpha value is -2.66. The number of carbonyl (C=O) groups excluding carboxylic acids is 2. The van der Waals surface area contributed by atoms with Crippen molar-refractivity contribution >= 4 is 17.5 Å². The number of amides is 2. The first-order valence-corrected chi connectivity index (χ1v) is 8.02. The van der Waals surface area contributed by atoms with Crippen LogP contribution in [0.5, 0.6) is 0 Å². The molecule has 0 heterocycles. The first-order valence-electron chi connectivity index (χ1n) is 8.02. The zero-order valence-electron chi connectivity index (χ0n) is 13.8. The normalized spacial score (nSPS) is 10.2. The Labute approximate surface area is 142 Å². The summed E-state index contributed by atoms with van der Waals surface area (Å²) in [5.74, 6) is -0.173. The third kappa shape index (κ3) is 5.52. The van der Waals surface area contributed by atoms with Gasteiger partial charge in [-0.15, -0.1) is 0 Å². The Bertz CT molecular complexity index is 696. The van der Waals surface area contributed by atoms with Gasteiger partial charge in [0.05, 0.1) is 0 Å². The Balaban J connectivity index is 1.93. The molecule has 0 saturated heterocycles. The SMILES string of the molecule is Cc1ccc(C(=O)Nc2cccc(CNC(=O)CCCN)c2)cc1. The van der Waals surface area contributed by atoms with E-state index in [1.54, 1.807) is 12.1 Å². The van der Waals surface area contributed by atoms with Crippen molar-refractivity contribution in [3.8, 4) is 0 Å². The number of hydrogen-bond donors (Lipinski definition) is 3. The molecule has 4 N–H and O–H groups in total. The Morgan fingerprint density at radius 2 is 1.83 bits per heavy atom. The number of benzene rings is 2. The molecule has 0 radical (unpaired) electrons. The largest absolute Gasteiger partial charge is 0.352 e. The van der Waals surface area contributed by atoms with Crippen LogP contribution in [0.1, 0.15) is 34.3 Å². The summed E-state index contributed by atoms with van der Waals surface area (Å²) in [6.45, 7) is 2.92. The Morgan fingerprint density at radius 1 is 1.08 bits per heavy atom. The van der Waals surface area contributed by atoms with Crippen LogP contribution in [-0.4, -0.2) is 18.4 Å². The van der Waals surface area contributed by atoms with Gasteiger partial charge < -0.3 is 16.4 Å². The molecule has 0 saturated carbocycles. The molecular formula is C19H23N3O2. The maximum absolute atomic E-state index is 12.2. The lowest BCUT2D eigenvalue weighted by atomic mass is 10.1. The van der Waals surface area contributed by atoms with Gasteiger partial charge in [0, 0.05) is 24.2 Å². The van der Waals surface area contributed by atoms with Crippen molar-refractivity contribution in [2.45, 2.75) is 26.3 Å². The van der Waals surface area contributed by atoms with Crippen LogP contribution < -0.4 is 16.4 Å². The highest BCUT2D eigenvalue weighted by molar-refractivity contribution is 6.04. The molecule has 0 spiro atoms. The average molecular weight is 325 g/mol. The van der Waals surface area contributed by atoms with E-state index in [2.05, 4.69) is 10.6 Å². The Kier molecular flexibility index (Phi) is 6.51. The second kappa shape index (κ2) is 8.84. The first kappa shape index (κ1) is 17.7. The van der Waals surface area contributed by atoms with Crippen molar-refractivity contribution in [2.24, 2.45) is 5.73 Å². The molecule has 126 valence electrons. The third-order valence-corrected chi connectivity index (χ3v) is 3.60. The molecular weight excluding hydrogens is 302 g/mol. The van der Waals surface area contributed by atoms with E-state index in [0.29, 0.717) is 37.2 Å². The highest BCUT2D eigenvalue weighted by Gasteiger charge is 2.06. The minimum atomic E-state index is -0.154. The summed E-state index contributed by atoms with van der Waals surface area (Å²) in [5, 5.41) is 5.72. The van der Waals surface area contributed by atoms with Crippen LogP contribution in [0.2, 0.25) is 0 Å². The van der Waals surface area contributed by atoms with Gasteiger partial charge in [-0.3, -0.25) is 9.59 Å². The standard InChI is InChI=1S/C19H23N3O2/c1-14-7-9-16(10-8-14)19(24)22-17-5-2-4-15(12-17)13-21-18(23)6-3-11-20/h2,4-5,7-10,12H,3,6,11,13,20H2,1H3,(H,21,23)(H,22,24). The van der Waals surface area contributed by atoms with Gasteiger partial charge in [-0.25, -0.2) is 0 Å². The molecule has 2 rings (SSSR count). The molecule has 0 fully saturated rings. The van der Waals surface area contributed by atoms with Gasteiger partial charge in [-0.2, -0.15) is 0 Å². The quantitative estimate of drug-likeness (QED) is 0.731. The number of carbonyl (C=O) groups is 2.